The smallest absolute Gasteiger partial charge is 0.220 e. The molecule has 2 fully saturated rings. The van der Waals surface area contributed by atoms with Crippen LogP contribution in [0.2, 0.25) is 0 Å². The zero-order valence-corrected chi connectivity index (χ0v) is 11.9. The topological polar surface area (TPSA) is 41.1 Å². The van der Waals surface area contributed by atoms with Crippen molar-refractivity contribution >= 4 is 5.91 Å². The summed E-state index contributed by atoms with van der Waals surface area (Å²) in [4.78, 5) is 12.1. The zero-order valence-electron chi connectivity index (χ0n) is 11.9. The van der Waals surface area contributed by atoms with Crippen LogP contribution in [0.15, 0.2) is 0 Å². The summed E-state index contributed by atoms with van der Waals surface area (Å²) in [5, 5.41) is 6.66. The van der Waals surface area contributed by atoms with Crippen molar-refractivity contribution in [2.75, 3.05) is 13.1 Å². The van der Waals surface area contributed by atoms with Crippen molar-refractivity contribution in [3.05, 3.63) is 0 Å². The van der Waals surface area contributed by atoms with E-state index in [4.69, 9.17) is 0 Å². The lowest BCUT2D eigenvalue weighted by molar-refractivity contribution is -0.123. The normalized spacial score (nSPS) is 37.2. The molecule has 104 valence electrons. The molecule has 3 nitrogen and oxygen atoms in total. The number of rotatable bonds is 3. The van der Waals surface area contributed by atoms with Crippen LogP contribution in [0.4, 0.5) is 0 Å². The van der Waals surface area contributed by atoms with Crippen molar-refractivity contribution < 1.29 is 4.79 Å². The summed E-state index contributed by atoms with van der Waals surface area (Å²) in [6.45, 7) is 6.74. The van der Waals surface area contributed by atoms with Gasteiger partial charge in [-0.25, -0.2) is 0 Å². The van der Waals surface area contributed by atoms with Crippen molar-refractivity contribution in [1.82, 2.24) is 10.6 Å². The molecule has 1 aliphatic carbocycles. The van der Waals surface area contributed by atoms with E-state index >= 15 is 0 Å². The third-order valence-electron chi connectivity index (χ3n) is 4.93. The van der Waals surface area contributed by atoms with Crippen LogP contribution in [0.3, 0.4) is 0 Å². The number of carbonyl (C=O) groups is 1. The molecule has 1 heterocycles. The van der Waals surface area contributed by atoms with Gasteiger partial charge in [-0.2, -0.15) is 0 Å². The SMILES string of the molecule is CC1CCCC(NC(=O)CC2CCCNC2)C1C. The number of hydrogen-bond acceptors (Lipinski definition) is 2. The predicted octanol–water partition coefficient (Wildman–Crippen LogP) is 2.32. The van der Waals surface area contributed by atoms with Gasteiger partial charge in [-0.1, -0.05) is 26.7 Å². The summed E-state index contributed by atoms with van der Waals surface area (Å²) in [7, 11) is 0. The first-order valence-corrected chi connectivity index (χ1v) is 7.67. The summed E-state index contributed by atoms with van der Waals surface area (Å²) in [6, 6.07) is 0.415. The van der Waals surface area contributed by atoms with Gasteiger partial charge in [0.15, 0.2) is 0 Å². The van der Waals surface area contributed by atoms with Crippen LogP contribution in [0, 0.1) is 17.8 Å². The van der Waals surface area contributed by atoms with E-state index in [2.05, 4.69) is 24.5 Å². The van der Waals surface area contributed by atoms with Crippen molar-refractivity contribution in [2.24, 2.45) is 17.8 Å². The first kappa shape index (κ1) is 13.9. The second kappa shape index (κ2) is 6.55. The molecule has 1 saturated heterocycles. The minimum Gasteiger partial charge on any atom is -0.353 e. The fourth-order valence-corrected chi connectivity index (χ4v) is 3.41. The molecule has 1 saturated carbocycles. The van der Waals surface area contributed by atoms with Gasteiger partial charge in [-0.05, 0) is 50.1 Å². The highest BCUT2D eigenvalue weighted by atomic mass is 16.1. The number of carbonyl (C=O) groups excluding carboxylic acids is 1. The Morgan fingerprint density at radius 1 is 1.22 bits per heavy atom. The largest absolute Gasteiger partial charge is 0.353 e. The van der Waals surface area contributed by atoms with E-state index < -0.39 is 0 Å². The molecule has 0 aromatic rings. The Kier molecular flexibility index (Phi) is 5.04. The van der Waals surface area contributed by atoms with Crippen LogP contribution in [-0.2, 0) is 4.79 Å². The molecule has 1 amide bonds. The van der Waals surface area contributed by atoms with E-state index in [-0.39, 0.29) is 5.91 Å². The van der Waals surface area contributed by atoms with Gasteiger partial charge in [0, 0.05) is 12.5 Å². The number of amides is 1. The van der Waals surface area contributed by atoms with Crippen molar-refractivity contribution in [3.8, 4) is 0 Å². The van der Waals surface area contributed by atoms with Crippen LogP contribution in [0.5, 0.6) is 0 Å². The number of hydrogen-bond donors (Lipinski definition) is 2. The lowest BCUT2D eigenvalue weighted by atomic mass is 9.78. The van der Waals surface area contributed by atoms with Crippen molar-refractivity contribution in [3.63, 3.8) is 0 Å². The Hall–Kier alpha value is -0.570. The molecule has 0 aromatic heterocycles. The Balaban J connectivity index is 1.75. The van der Waals surface area contributed by atoms with Crippen LogP contribution in [0.1, 0.15) is 52.4 Å². The average molecular weight is 252 g/mol. The van der Waals surface area contributed by atoms with Crippen LogP contribution in [-0.4, -0.2) is 25.0 Å². The van der Waals surface area contributed by atoms with Gasteiger partial charge in [0.05, 0.1) is 0 Å². The summed E-state index contributed by atoms with van der Waals surface area (Å²) >= 11 is 0. The Morgan fingerprint density at radius 3 is 2.78 bits per heavy atom. The highest BCUT2D eigenvalue weighted by Crippen LogP contribution is 2.29. The van der Waals surface area contributed by atoms with Crippen molar-refractivity contribution in [1.29, 1.82) is 0 Å². The van der Waals surface area contributed by atoms with Crippen LogP contribution in [0.25, 0.3) is 0 Å². The van der Waals surface area contributed by atoms with E-state index in [0.29, 0.717) is 24.3 Å². The Labute approximate surface area is 111 Å². The molecular weight excluding hydrogens is 224 g/mol. The van der Waals surface area contributed by atoms with Gasteiger partial charge in [0.25, 0.3) is 0 Å². The molecule has 0 radical (unpaired) electrons. The molecule has 2 rings (SSSR count). The molecule has 2 N–H and O–H groups in total. The molecule has 0 bridgehead atoms. The maximum Gasteiger partial charge on any atom is 0.220 e. The zero-order chi connectivity index (χ0) is 13.0. The monoisotopic (exact) mass is 252 g/mol. The van der Waals surface area contributed by atoms with Gasteiger partial charge in [-0.15, -0.1) is 0 Å². The second-order valence-corrected chi connectivity index (χ2v) is 6.36. The van der Waals surface area contributed by atoms with E-state index in [1.54, 1.807) is 0 Å². The highest BCUT2D eigenvalue weighted by Gasteiger charge is 2.28. The molecule has 0 spiro atoms. The van der Waals surface area contributed by atoms with E-state index in [0.717, 1.165) is 19.0 Å². The summed E-state index contributed by atoms with van der Waals surface area (Å²) in [5.74, 6) is 2.21. The minimum absolute atomic E-state index is 0.273. The maximum atomic E-state index is 12.1. The minimum atomic E-state index is 0.273. The molecule has 18 heavy (non-hydrogen) atoms. The summed E-state index contributed by atoms with van der Waals surface area (Å²) in [5.41, 5.74) is 0. The quantitative estimate of drug-likeness (QED) is 0.809. The fourth-order valence-electron chi connectivity index (χ4n) is 3.41. The standard InChI is InChI=1S/C15H28N2O/c1-11-5-3-7-14(12(11)2)17-15(18)9-13-6-4-8-16-10-13/h11-14,16H,3-10H2,1-2H3,(H,17,18). The number of piperidine rings is 1. The number of nitrogens with one attached hydrogen (secondary N) is 2. The van der Waals surface area contributed by atoms with Gasteiger partial charge in [0.1, 0.15) is 0 Å². The average Bonchev–Trinajstić information content (AvgIpc) is 2.36. The van der Waals surface area contributed by atoms with E-state index in [1.165, 1.54) is 32.1 Å². The molecule has 4 atom stereocenters. The van der Waals surface area contributed by atoms with Crippen molar-refractivity contribution in [2.45, 2.75) is 58.4 Å². The van der Waals surface area contributed by atoms with Gasteiger partial charge in [-0.3, -0.25) is 4.79 Å². The van der Waals surface area contributed by atoms with Gasteiger partial charge in [0.2, 0.25) is 5.91 Å². The third kappa shape index (κ3) is 3.71. The van der Waals surface area contributed by atoms with Crippen LogP contribution < -0.4 is 10.6 Å². The first-order valence-electron chi connectivity index (χ1n) is 7.67. The Bertz CT molecular complexity index is 274. The highest BCUT2D eigenvalue weighted by molar-refractivity contribution is 5.76. The molecule has 2 aliphatic rings. The summed E-state index contributed by atoms with van der Waals surface area (Å²) < 4.78 is 0. The second-order valence-electron chi connectivity index (χ2n) is 6.36. The van der Waals surface area contributed by atoms with E-state index in [1.807, 2.05) is 0 Å². The lowest BCUT2D eigenvalue weighted by Gasteiger charge is -2.35. The predicted molar refractivity (Wildman–Crippen MR) is 74.3 cm³/mol. The third-order valence-corrected chi connectivity index (χ3v) is 4.93. The fraction of sp³-hybridized carbons (Fsp3) is 0.933. The molecule has 1 aliphatic heterocycles. The lowest BCUT2D eigenvalue weighted by Crippen LogP contribution is -2.45. The van der Waals surface area contributed by atoms with Gasteiger partial charge < -0.3 is 10.6 Å². The molecule has 4 unspecified atom stereocenters. The van der Waals surface area contributed by atoms with Crippen LogP contribution >= 0.6 is 0 Å². The maximum absolute atomic E-state index is 12.1. The van der Waals surface area contributed by atoms with E-state index in [9.17, 15) is 4.79 Å². The molecular formula is C15H28N2O. The van der Waals surface area contributed by atoms with Gasteiger partial charge >= 0.3 is 0 Å². The Morgan fingerprint density at radius 2 is 2.06 bits per heavy atom. The molecule has 0 aromatic carbocycles. The molecule has 3 heteroatoms. The summed E-state index contributed by atoms with van der Waals surface area (Å²) in [6.07, 6.45) is 6.89. The first-order chi connectivity index (χ1) is 8.66.